The highest BCUT2D eigenvalue weighted by Crippen LogP contribution is 2.26. The summed E-state index contributed by atoms with van der Waals surface area (Å²) in [6, 6.07) is 8.27. The molecule has 0 spiro atoms. The summed E-state index contributed by atoms with van der Waals surface area (Å²) in [5.74, 6) is 1.03. The third-order valence-corrected chi connectivity index (χ3v) is 3.26. The van der Waals surface area contributed by atoms with Crippen LogP contribution >= 0.6 is 0 Å². The van der Waals surface area contributed by atoms with Crippen molar-refractivity contribution in [3.63, 3.8) is 0 Å². The lowest BCUT2D eigenvalue weighted by Crippen LogP contribution is -2.35. The molecule has 20 heavy (non-hydrogen) atoms. The van der Waals surface area contributed by atoms with Gasteiger partial charge in [-0.25, -0.2) is 0 Å². The zero-order valence-electron chi connectivity index (χ0n) is 12.9. The minimum Gasteiger partial charge on any atom is -0.496 e. The van der Waals surface area contributed by atoms with Crippen LogP contribution in [-0.2, 0) is 4.79 Å². The van der Waals surface area contributed by atoms with E-state index in [1.54, 1.807) is 7.11 Å². The fourth-order valence-corrected chi connectivity index (χ4v) is 2.06. The highest BCUT2D eigenvalue weighted by atomic mass is 16.5. The molecule has 1 aromatic rings. The quantitative estimate of drug-likeness (QED) is 0.718. The number of hydrogen-bond acceptors (Lipinski definition) is 3. The summed E-state index contributed by atoms with van der Waals surface area (Å²) in [4.78, 5) is 11.5. The summed E-state index contributed by atoms with van der Waals surface area (Å²) in [6.45, 7) is 7.31. The molecule has 112 valence electrons. The topological polar surface area (TPSA) is 50.4 Å². The molecular weight excluding hydrogens is 252 g/mol. The van der Waals surface area contributed by atoms with Gasteiger partial charge in [-0.2, -0.15) is 0 Å². The van der Waals surface area contributed by atoms with Crippen molar-refractivity contribution in [3.05, 3.63) is 29.8 Å². The Morgan fingerprint density at radius 3 is 2.55 bits per heavy atom. The average Bonchev–Trinajstić information content (AvgIpc) is 2.47. The van der Waals surface area contributed by atoms with Crippen molar-refractivity contribution >= 4 is 5.91 Å². The Labute approximate surface area is 121 Å². The predicted molar refractivity (Wildman–Crippen MR) is 81.9 cm³/mol. The van der Waals surface area contributed by atoms with Crippen molar-refractivity contribution in [1.29, 1.82) is 0 Å². The molecule has 0 aliphatic rings. The van der Waals surface area contributed by atoms with Gasteiger partial charge in [-0.15, -0.1) is 0 Å². The molecule has 1 rings (SSSR count). The predicted octanol–water partition coefficient (Wildman–Crippen LogP) is 2.51. The van der Waals surface area contributed by atoms with Gasteiger partial charge in [-0.1, -0.05) is 39.0 Å². The molecule has 0 aromatic heterocycles. The van der Waals surface area contributed by atoms with Gasteiger partial charge in [0.25, 0.3) is 0 Å². The number of ether oxygens (including phenoxy) is 1. The van der Waals surface area contributed by atoms with Crippen LogP contribution in [0.5, 0.6) is 5.75 Å². The fraction of sp³-hybridized carbons (Fsp3) is 0.562. The van der Waals surface area contributed by atoms with E-state index in [4.69, 9.17) is 4.74 Å². The number of rotatable bonds is 8. The van der Waals surface area contributed by atoms with Gasteiger partial charge < -0.3 is 15.4 Å². The molecule has 2 N–H and O–H groups in total. The Morgan fingerprint density at radius 1 is 1.25 bits per heavy atom. The molecule has 4 heteroatoms. The highest BCUT2D eigenvalue weighted by Gasteiger charge is 2.13. The first-order valence-electron chi connectivity index (χ1n) is 7.24. The smallest absolute Gasteiger partial charge is 0.222 e. The summed E-state index contributed by atoms with van der Waals surface area (Å²) in [5, 5.41) is 6.37. The van der Waals surface area contributed by atoms with Gasteiger partial charge in [0.2, 0.25) is 5.91 Å². The van der Waals surface area contributed by atoms with Gasteiger partial charge in [0.1, 0.15) is 5.75 Å². The maximum Gasteiger partial charge on any atom is 0.222 e. The fourth-order valence-electron chi connectivity index (χ4n) is 2.06. The normalized spacial score (nSPS) is 12.2. The number of para-hydroxylation sites is 1. The molecule has 0 radical (unpaired) electrons. The van der Waals surface area contributed by atoms with E-state index in [1.807, 2.05) is 32.0 Å². The summed E-state index contributed by atoms with van der Waals surface area (Å²) >= 11 is 0. The van der Waals surface area contributed by atoms with E-state index >= 15 is 0 Å². The molecule has 0 fully saturated rings. The molecule has 1 unspecified atom stereocenters. The van der Waals surface area contributed by atoms with Gasteiger partial charge in [-0.3, -0.25) is 4.79 Å². The molecule has 0 saturated carbocycles. The molecule has 0 bridgehead atoms. The summed E-state index contributed by atoms with van der Waals surface area (Å²) in [7, 11) is 1.69. The number of benzene rings is 1. The van der Waals surface area contributed by atoms with Crippen molar-refractivity contribution in [1.82, 2.24) is 10.6 Å². The van der Waals surface area contributed by atoms with Crippen LogP contribution in [0.2, 0.25) is 0 Å². The van der Waals surface area contributed by atoms with Crippen molar-refractivity contribution in [2.45, 2.75) is 33.2 Å². The molecule has 4 nitrogen and oxygen atoms in total. The van der Waals surface area contributed by atoms with Crippen LogP contribution in [0.25, 0.3) is 0 Å². The highest BCUT2D eigenvalue weighted by molar-refractivity contribution is 5.77. The van der Waals surface area contributed by atoms with Crippen molar-refractivity contribution in [2.75, 3.05) is 20.2 Å². The van der Waals surface area contributed by atoms with Crippen LogP contribution < -0.4 is 15.4 Å². The van der Waals surface area contributed by atoms with E-state index < -0.39 is 0 Å². The van der Waals surface area contributed by atoms with E-state index in [2.05, 4.69) is 23.6 Å². The van der Waals surface area contributed by atoms with Gasteiger partial charge in [0.15, 0.2) is 0 Å². The Morgan fingerprint density at radius 2 is 1.95 bits per heavy atom. The van der Waals surface area contributed by atoms with E-state index in [1.165, 1.54) is 0 Å². The molecule has 0 heterocycles. The maximum absolute atomic E-state index is 11.5. The van der Waals surface area contributed by atoms with Crippen LogP contribution in [0.3, 0.4) is 0 Å². The molecule has 0 aliphatic heterocycles. The summed E-state index contributed by atoms with van der Waals surface area (Å²) in [5.41, 5.74) is 1.16. The van der Waals surface area contributed by atoms with Crippen LogP contribution in [0.15, 0.2) is 24.3 Å². The number of hydrogen-bond donors (Lipinski definition) is 2. The van der Waals surface area contributed by atoms with E-state index in [9.17, 15) is 4.79 Å². The Kier molecular flexibility index (Phi) is 7.09. The number of carbonyl (C=O) groups is 1. The van der Waals surface area contributed by atoms with E-state index in [-0.39, 0.29) is 17.9 Å². The molecule has 0 aliphatic carbocycles. The van der Waals surface area contributed by atoms with Crippen LogP contribution in [0.1, 0.15) is 38.8 Å². The largest absolute Gasteiger partial charge is 0.496 e. The minimum atomic E-state index is 0.0335. The first kappa shape index (κ1) is 16.5. The lowest BCUT2D eigenvalue weighted by Gasteiger charge is -2.20. The van der Waals surface area contributed by atoms with Gasteiger partial charge >= 0.3 is 0 Å². The summed E-state index contributed by atoms with van der Waals surface area (Å²) < 4.78 is 5.39. The minimum absolute atomic E-state index is 0.0335. The number of methoxy groups -OCH3 is 1. The van der Waals surface area contributed by atoms with Crippen LogP contribution in [0.4, 0.5) is 0 Å². The van der Waals surface area contributed by atoms with Gasteiger partial charge in [0, 0.05) is 30.6 Å². The van der Waals surface area contributed by atoms with Crippen molar-refractivity contribution < 1.29 is 9.53 Å². The Hall–Kier alpha value is -1.55. The lowest BCUT2D eigenvalue weighted by molar-refractivity contribution is -0.123. The van der Waals surface area contributed by atoms with Crippen molar-refractivity contribution in [3.8, 4) is 5.75 Å². The first-order chi connectivity index (χ1) is 9.60. The average molecular weight is 278 g/mol. The van der Waals surface area contributed by atoms with Gasteiger partial charge in [-0.05, 0) is 12.5 Å². The van der Waals surface area contributed by atoms with E-state index in [0.717, 1.165) is 24.3 Å². The zero-order valence-corrected chi connectivity index (χ0v) is 12.9. The Balaban J connectivity index is 2.49. The van der Waals surface area contributed by atoms with Gasteiger partial charge in [0.05, 0.1) is 7.11 Å². The number of nitrogens with one attached hydrogen (secondary N) is 2. The Bertz CT molecular complexity index is 419. The molecule has 1 amide bonds. The third-order valence-electron chi connectivity index (χ3n) is 3.26. The SMILES string of the molecule is CCC(NCCNC(=O)C(C)C)c1ccccc1OC. The second kappa shape index (κ2) is 8.59. The van der Waals surface area contributed by atoms with Crippen LogP contribution in [0, 0.1) is 5.92 Å². The zero-order chi connectivity index (χ0) is 15.0. The number of carbonyl (C=O) groups excluding carboxylic acids is 1. The van der Waals surface area contributed by atoms with E-state index in [0.29, 0.717) is 6.54 Å². The second-order valence-electron chi connectivity index (χ2n) is 5.10. The molecular formula is C16H26N2O2. The summed E-state index contributed by atoms with van der Waals surface area (Å²) in [6.07, 6.45) is 0.971. The first-order valence-corrected chi connectivity index (χ1v) is 7.24. The molecule has 1 atom stereocenters. The molecule has 1 aromatic carbocycles. The third kappa shape index (κ3) is 4.85. The molecule has 0 saturated heterocycles. The number of amides is 1. The lowest BCUT2D eigenvalue weighted by atomic mass is 10.0. The maximum atomic E-state index is 11.5. The monoisotopic (exact) mass is 278 g/mol. The standard InChI is InChI=1S/C16H26N2O2/c1-5-14(13-8-6-7-9-15(13)20-4)17-10-11-18-16(19)12(2)3/h6-9,12,14,17H,5,10-11H2,1-4H3,(H,18,19). The van der Waals surface area contributed by atoms with Crippen LogP contribution in [-0.4, -0.2) is 26.1 Å². The second-order valence-corrected chi connectivity index (χ2v) is 5.10. The van der Waals surface area contributed by atoms with Crippen molar-refractivity contribution in [2.24, 2.45) is 5.92 Å².